The number of aryl methyl sites for hydroxylation is 2. The summed E-state index contributed by atoms with van der Waals surface area (Å²) in [6.45, 7) is 2.04. The Morgan fingerprint density at radius 1 is 1.15 bits per heavy atom. The van der Waals surface area contributed by atoms with Gasteiger partial charge in [0.25, 0.3) is 5.56 Å². The second-order valence-electron chi connectivity index (χ2n) is 7.50. The molecular weight excluding hydrogens is 460 g/mol. The molecule has 0 bridgehead atoms. The molecule has 34 heavy (non-hydrogen) atoms. The van der Waals surface area contributed by atoms with Crippen LogP contribution in [-0.2, 0) is 24.7 Å². The Morgan fingerprint density at radius 3 is 2.65 bits per heavy atom. The number of hydrogen-bond acceptors (Lipinski definition) is 7. The fourth-order valence-corrected chi connectivity index (χ4v) is 3.36. The smallest absolute Gasteiger partial charge is 0.339 e. The predicted molar refractivity (Wildman–Crippen MR) is 126 cm³/mol. The summed E-state index contributed by atoms with van der Waals surface area (Å²) in [7, 11) is 1.33. The maximum Gasteiger partial charge on any atom is 0.351 e. The van der Waals surface area contributed by atoms with Crippen molar-refractivity contribution in [3.05, 3.63) is 85.8 Å². The van der Waals surface area contributed by atoms with E-state index in [0.717, 1.165) is 21.2 Å². The lowest BCUT2D eigenvalue weighted by Gasteiger charge is -2.07. The Labute approximate surface area is 198 Å². The molecular formula is C23H21ClN6O4. The van der Waals surface area contributed by atoms with Crippen LogP contribution in [0.15, 0.2) is 62.6 Å². The molecule has 0 radical (unpaired) electrons. The van der Waals surface area contributed by atoms with Crippen molar-refractivity contribution < 1.29 is 9.32 Å². The highest BCUT2D eigenvalue weighted by Gasteiger charge is 2.19. The summed E-state index contributed by atoms with van der Waals surface area (Å²) in [5.41, 5.74) is 0.785. The summed E-state index contributed by atoms with van der Waals surface area (Å²) < 4.78 is 7.17. The summed E-state index contributed by atoms with van der Waals surface area (Å²) in [4.78, 5) is 41.7. The van der Waals surface area contributed by atoms with Crippen LogP contribution in [0.5, 0.6) is 0 Å². The number of nitrogens with one attached hydrogen (secondary N) is 1. The van der Waals surface area contributed by atoms with Gasteiger partial charge in [-0.3, -0.25) is 14.2 Å². The van der Waals surface area contributed by atoms with Gasteiger partial charge in [-0.05, 0) is 48.4 Å². The van der Waals surface area contributed by atoms with Gasteiger partial charge in [0.15, 0.2) is 5.69 Å². The van der Waals surface area contributed by atoms with E-state index in [1.165, 1.54) is 7.05 Å². The van der Waals surface area contributed by atoms with Crippen LogP contribution >= 0.6 is 11.6 Å². The molecule has 0 aliphatic heterocycles. The van der Waals surface area contributed by atoms with Gasteiger partial charge in [-0.2, -0.15) is 14.8 Å². The Kier molecular flexibility index (Phi) is 6.69. The molecule has 2 aromatic heterocycles. The van der Waals surface area contributed by atoms with E-state index in [0.29, 0.717) is 16.4 Å². The molecule has 10 nitrogen and oxygen atoms in total. The second kappa shape index (κ2) is 9.84. The highest BCUT2D eigenvalue weighted by molar-refractivity contribution is 6.30. The molecule has 0 aliphatic carbocycles. The first kappa shape index (κ1) is 23.1. The van der Waals surface area contributed by atoms with Gasteiger partial charge in [-0.15, -0.1) is 0 Å². The van der Waals surface area contributed by atoms with Crippen LogP contribution in [0.2, 0.25) is 5.02 Å². The van der Waals surface area contributed by atoms with E-state index in [2.05, 4.69) is 20.6 Å². The quantitative estimate of drug-likeness (QED) is 0.431. The number of carbonyl (C=O) groups is 1. The molecule has 2 aromatic carbocycles. The zero-order valence-corrected chi connectivity index (χ0v) is 19.2. The van der Waals surface area contributed by atoms with E-state index in [1.54, 1.807) is 24.3 Å². The lowest BCUT2D eigenvalue weighted by atomic mass is 10.1. The van der Waals surface area contributed by atoms with Gasteiger partial charge in [0.05, 0.1) is 5.69 Å². The van der Waals surface area contributed by atoms with Crippen molar-refractivity contribution in [3.63, 3.8) is 0 Å². The third-order valence-electron chi connectivity index (χ3n) is 5.11. The van der Waals surface area contributed by atoms with Gasteiger partial charge < -0.3 is 9.84 Å². The fourth-order valence-electron chi connectivity index (χ4n) is 3.23. The zero-order chi connectivity index (χ0) is 24.2. The van der Waals surface area contributed by atoms with E-state index in [4.69, 9.17) is 16.1 Å². The molecule has 11 heteroatoms. The highest BCUT2D eigenvalue weighted by atomic mass is 35.5. The SMILES string of the molecule is CCc1cccc(NC(=O)CCc2nc(-c3nn(-c4ccc(Cl)cc4)c(=O)n(C)c3=O)no2)c1. The number of benzene rings is 2. The lowest BCUT2D eigenvalue weighted by Crippen LogP contribution is -2.40. The third-order valence-corrected chi connectivity index (χ3v) is 5.36. The number of hydrogen-bond donors (Lipinski definition) is 1. The minimum absolute atomic E-state index is 0.0747. The number of anilines is 1. The summed E-state index contributed by atoms with van der Waals surface area (Å²) in [6, 6.07) is 14.0. The van der Waals surface area contributed by atoms with E-state index >= 15 is 0 Å². The van der Waals surface area contributed by atoms with E-state index in [-0.39, 0.29) is 36.2 Å². The minimum Gasteiger partial charge on any atom is -0.339 e. The Morgan fingerprint density at radius 2 is 1.91 bits per heavy atom. The molecule has 0 spiro atoms. The fraction of sp³-hybridized carbons (Fsp3) is 0.217. The molecule has 0 saturated heterocycles. The van der Waals surface area contributed by atoms with Gasteiger partial charge in [0, 0.05) is 30.6 Å². The number of carbonyl (C=O) groups excluding carboxylic acids is 1. The standard InChI is InChI=1S/C23H21ClN6O4/c1-3-14-5-4-6-16(13-14)25-18(31)11-12-19-26-21(28-34-19)20-22(32)29(2)23(33)30(27-20)17-9-7-15(24)8-10-17/h4-10,13H,3,11-12H2,1-2H3,(H,25,31). The van der Waals surface area contributed by atoms with Crippen LogP contribution in [0.3, 0.4) is 0 Å². The number of aromatic nitrogens is 5. The van der Waals surface area contributed by atoms with Crippen LogP contribution < -0.4 is 16.6 Å². The third kappa shape index (κ3) is 4.96. The molecule has 1 N–H and O–H groups in total. The number of rotatable bonds is 7. The van der Waals surface area contributed by atoms with Crippen molar-refractivity contribution in [3.8, 4) is 17.2 Å². The van der Waals surface area contributed by atoms with E-state index < -0.39 is 11.2 Å². The maximum atomic E-state index is 12.6. The van der Waals surface area contributed by atoms with Crippen LogP contribution in [0.1, 0.15) is 24.8 Å². The molecule has 174 valence electrons. The van der Waals surface area contributed by atoms with E-state index in [1.807, 2.05) is 31.2 Å². The molecule has 0 atom stereocenters. The van der Waals surface area contributed by atoms with Crippen LogP contribution in [0.25, 0.3) is 17.2 Å². The molecule has 4 rings (SSSR count). The first-order chi connectivity index (χ1) is 16.4. The topological polar surface area (TPSA) is 125 Å². The van der Waals surface area contributed by atoms with Gasteiger partial charge in [0.2, 0.25) is 17.6 Å². The summed E-state index contributed by atoms with van der Waals surface area (Å²) in [5.74, 6) is -0.117. The molecule has 1 amide bonds. The monoisotopic (exact) mass is 480 g/mol. The number of amides is 1. The maximum absolute atomic E-state index is 12.6. The first-order valence-corrected chi connectivity index (χ1v) is 10.9. The Balaban J connectivity index is 1.52. The van der Waals surface area contributed by atoms with Gasteiger partial charge in [-0.1, -0.05) is 35.8 Å². The minimum atomic E-state index is -0.670. The lowest BCUT2D eigenvalue weighted by molar-refractivity contribution is -0.116. The Hall–Kier alpha value is -4.05. The first-order valence-electron chi connectivity index (χ1n) is 10.5. The van der Waals surface area contributed by atoms with Gasteiger partial charge >= 0.3 is 5.69 Å². The normalized spacial score (nSPS) is 10.9. The van der Waals surface area contributed by atoms with Crippen LogP contribution in [0, 0.1) is 0 Å². The summed E-state index contributed by atoms with van der Waals surface area (Å²) >= 11 is 5.91. The molecule has 2 heterocycles. The second-order valence-corrected chi connectivity index (χ2v) is 7.93. The Bertz CT molecular complexity index is 1460. The average molecular weight is 481 g/mol. The zero-order valence-electron chi connectivity index (χ0n) is 18.5. The summed E-state index contributed by atoms with van der Waals surface area (Å²) in [5, 5.41) is 11.3. The van der Waals surface area contributed by atoms with E-state index in [9.17, 15) is 14.4 Å². The van der Waals surface area contributed by atoms with Crippen LogP contribution in [0.4, 0.5) is 5.69 Å². The van der Waals surface area contributed by atoms with Gasteiger partial charge in [0.1, 0.15) is 0 Å². The van der Waals surface area contributed by atoms with Crippen molar-refractivity contribution in [2.24, 2.45) is 7.05 Å². The number of halogens is 1. The van der Waals surface area contributed by atoms with Crippen LogP contribution in [-0.4, -0.2) is 30.4 Å². The predicted octanol–water partition coefficient (Wildman–Crippen LogP) is 2.77. The molecule has 0 aliphatic rings. The largest absolute Gasteiger partial charge is 0.351 e. The molecule has 0 unspecified atom stereocenters. The van der Waals surface area contributed by atoms with Crippen molar-refractivity contribution >= 4 is 23.2 Å². The highest BCUT2D eigenvalue weighted by Crippen LogP contribution is 2.15. The molecule has 4 aromatic rings. The van der Waals surface area contributed by atoms with Crippen molar-refractivity contribution in [2.75, 3.05) is 5.32 Å². The van der Waals surface area contributed by atoms with Gasteiger partial charge in [-0.25, -0.2) is 4.79 Å². The van der Waals surface area contributed by atoms with Crippen molar-refractivity contribution in [1.82, 2.24) is 24.5 Å². The van der Waals surface area contributed by atoms with Crippen molar-refractivity contribution in [2.45, 2.75) is 26.2 Å². The van der Waals surface area contributed by atoms with Crippen molar-refractivity contribution in [1.29, 1.82) is 0 Å². The molecule has 0 saturated carbocycles. The number of nitrogens with zero attached hydrogens (tertiary/aromatic N) is 5. The molecule has 0 fully saturated rings. The summed E-state index contributed by atoms with van der Waals surface area (Å²) in [6.07, 6.45) is 1.14. The average Bonchev–Trinajstić information content (AvgIpc) is 3.31.